The van der Waals surface area contributed by atoms with E-state index in [1.54, 1.807) is 12.4 Å². The van der Waals surface area contributed by atoms with Gasteiger partial charge < -0.3 is 5.73 Å². The highest BCUT2D eigenvalue weighted by atomic mass is 19.1. The van der Waals surface area contributed by atoms with Gasteiger partial charge in [0.2, 0.25) is 0 Å². The van der Waals surface area contributed by atoms with Crippen molar-refractivity contribution in [1.82, 2.24) is 9.97 Å². The average Bonchev–Trinajstić information content (AvgIpc) is 2.28. The Bertz CT molecular complexity index is 541. The maximum absolute atomic E-state index is 14.0. The van der Waals surface area contributed by atoms with E-state index in [1.807, 2.05) is 26.8 Å². The van der Waals surface area contributed by atoms with Gasteiger partial charge in [-0.05, 0) is 43.5 Å². The summed E-state index contributed by atoms with van der Waals surface area (Å²) in [6, 6.07) is 2.76. The van der Waals surface area contributed by atoms with E-state index in [9.17, 15) is 4.39 Å². The quantitative estimate of drug-likeness (QED) is 0.884. The first-order valence-corrected chi connectivity index (χ1v) is 5.80. The Labute approximate surface area is 106 Å². The van der Waals surface area contributed by atoms with Crippen LogP contribution in [-0.4, -0.2) is 9.97 Å². The van der Waals surface area contributed by atoms with Gasteiger partial charge >= 0.3 is 0 Å². The molecule has 1 aromatic heterocycles. The van der Waals surface area contributed by atoms with Crippen LogP contribution in [0.2, 0.25) is 0 Å². The molecule has 4 heteroatoms. The molecule has 1 heterocycles. The van der Waals surface area contributed by atoms with Gasteiger partial charge in [-0.3, -0.25) is 0 Å². The molecule has 2 aromatic rings. The molecule has 0 saturated heterocycles. The number of aryl methyl sites for hydroxylation is 3. The zero-order valence-electron chi connectivity index (χ0n) is 10.7. The van der Waals surface area contributed by atoms with Crippen LogP contribution in [0.25, 0.3) is 0 Å². The first kappa shape index (κ1) is 12.6. The van der Waals surface area contributed by atoms with Crippen molar-refractivity contribution in [3.05, 3.63) is 58.4 Å². The summed E-state index contributed by atoms with van der Waals surface area (Å²) in [6.45, 7) is 5.60. The van der Waals surface area contributed by atoms with Gasteiger partial charge in [0.1, 0.15) is 11.6 Å². The number of hydrogen-bond donors (Lipinski definition) is 1. The molecule has 0 radical (unpaired) electrons. The monoisotopic (exact) mass is 245 g/mol. The van der Waals surface area contributed by atoms with Crippen molar-refractivity contribution in [3.8, 4) is 0 Å². The van der Waals surface area contributed by atoms with E-state index in [2.05, 4.69) is 9.97 Å². The van der Waals surface area contributed by atoms with Crippen LogP contribution in [0.5, 0.6) is 0 Å². The van der Waals surface area contributed by atoms with Gasteiger partial charge in [-0.1, -0.05) is 6.07 Å². The Kier molecular flexibility index (Phi) is 3.39. The van der Waals surface area contributed by atoms with E-state index in [0.717, 1.165) is 16.7 Å². The Morgan fingerprint density at radius 1 is 1.06 bits per heavy atom. The van der Waals surface area contributed by atoms with Crippen LogP contribution < -0.4 is 5.73 Å². The van der Waals surface area contributed by atoms with Crippen LogP contribution in [0.4, 0.5) is 4.39 Å². The number of halogens is 1. The first-order valence-electron chi connectivity index (χ1n) is 5.80. The molecule has 1 atom stereocenters. The van der Waals surface area contributed by atoms with Gasteiger partial charge in [0, 0.05) is 18.0 Å². The maximum Gasteiger partial charge on any atom is 0.149 e. The molecule has 0 aliphatic rings. The standard InChI is InChI=1S/C14H16FN3/c1-8-4-10(3)12(11(15)5-8)13(16)14-17-6-9(2)7-18-14/h4-7,13H,16H2,1-3H3. The second kappa shape index (κ2) is 4.82. The highest BCUT2D eigenvalue weighted by Crippen LogP contribution is 2.24. The first-order chi connectivity index (χ1) is 8.49. The summed E-state index contributed by atoms with van der Waals surface area (Å²) in [5.74, 6) is 0.135. The molecule has 2 N–H and O–H groups in total. The topological polar surface area (TPSA) is 51.8 Å². The van der Waals surface area contributed by atoms with E-state index < -0.39 is 6.04 Å². The third-order valence-corrected chi connectivity index (χ3v) is 2.87. The van der Waals surface area contributed by atoms with Crippen molar-refractivity contribution in [2.24, 2.45) is 5.73 Å². The van der Waals surface area contributed by atoms with Crippen LogP contribution in [-0.2, 0) is 0 Å². The second-order valence-electron chi connectivity index (χ2n) is 4.57. The van der Waals surface area contributed by atoms with Crippen LogP contribution >= 0.6 is 0 Å². The number of rotatable bonds is 2. The number of hydrogen-bond acceptors (Lipinski definition) is 3. The maximum atomic E-state index is 14.0. The lowest BCUT2D eigenvalue weighted by molar-refractivity contribution is 0.589. The van der Waals surface area contributed by atoms with Gasteiger partial charge in [0.05, 0.1) is 6.04 Å². The second-order valence-corrected chi connectivity index (χ2v) is 4.57. The molecule has 3 nitrogen and oxygen atoms in total. The molecule has 1 unspecified atom stereocenters. The molecule has 0 bridgehead atoms. The molecule has 0 aliphatic carbocycles. The third-order valence-electron chi connectivity index (χ3n) is 2.87. The fourth-order valence-electron chi connectivity index (χ4n) is 2.01. The highest BCUT2D eigenvalue weighted by molar-refractivity contribution is 5.36. The lowest BCUT2D eigenvalue weighted by Crippen LogP contribution is -2.18. The predicted molar refractivity (Wildman–Crippen MR) is 68.7 cm³/mol. The third kappa shape index (κ3) is 2.38. The van der Waals surface area contributed by atoms with Crippen LogP contribution in [0, 0.1) is 26.6 Å². The van der Waals surface area contributed by atoms with Crippen molar-refractivity contribution in [2.75, 3.05) is 0 Å². The van der Waals surface area contributed by atoms with Crippen LogP contribution in [0.3, 0.4) is 0 Å². The largest absolute Gasteiger partial charge is 0.318 e. The van der Waals surface area contributed by atoms with Crippen molar-refractivity contribution >= 4 is 0 Å². The number of aromatic nitrogens is 2. The van der Waals surface area contributed by atoms with Gasteiger partial charge in [0.15, 0.2) is 0 Å². The van der Waals surface area contributed by atoms with E-state index in [0.29, 0.717) is 11.4 Å². The Morgan fingerprint density at radius 3 is 2.22 bits per heavy atom. The van der Waals surface area contributed by atoms with Crippen molar-refractivity contribution in [1.29, 1.82) is 0 Å². The summed E-state index contributed by atoms with van der Waals surface area (Å²) < 4.78 is 14.0. The normalized spacial score (nSPS) is 12.5. The SMILES string of the molecule is Cc1cnc(C(N)c2c(C)cc(C)cc2F)nc1. The van der Waals surface area contributed by atoms with Gasteiger partial charge in [-0.15, -0.1) is 0 Å². The molecule has 0 aliphatic heterocycles. The molecule has 18 heavy (non-hydrogen) atoms. The van der Waals surface area contributed by atoms with Crippen LogP contribution in [0.15, 0.2) is 24.5 Å². The summed E-state index contributed by atoms with van der Waals surface area (Å²) in [5.41, 5.74) is 9.17. The lowest BCUT2D eigenvalue weighted by atomic mass is 9.98. The molecule has 2 rings (SSSR count). The molecule has 1 aromatic carbocycles. The number of benzene rings is 1. The zero-order valence-corrected chi connectivity index (χ0v) is 10.7. The van der Waals surface area contributed by atoms with E-state index in [4.69, 9.17) is 5.73 Å². The van der Waals surface area contributed by atoms with Gasteiger partial charge in [0.25, 0.3) is 0 Å². The van der Waals surface area contributed by atoms with Crippen molar-refractivity contribution in [3.63, 3.8) is 0 Å². The minimum atomic E-state index is -0.633. The lowest BCUT2D eigenvalue weighted by Gasteiger charge is -2.15. The van der Waals surface area contributed by atoms with Gasteiger partial charge in [-0.25, -0.2) is 14.4 Å². The van der Waals surface area contributed by atoms with E-state index in [1.165, 1.54) is 6.07 Å². The summed E-state index contributed by atoms with van der Waals surface area (Å²) in [4.78, 5) is 8.31. The van der Waals surface area contributed by atoms with E-state index in [-0.39, 0.29) is 5.82 Å². The molecular weight excluding hydrogens is 229 g/mol. The fourth-order valence-corrected chi connectivity index (χ4v) is 2.01. The molecule has 0 saturated carbocycles. The molecule has 94 valence electrons. The summed E-state index contributed by atoms with van der Waals surface area (Å²) in [5, 5.41) is 0. The Hall–Kier alpha value is -1.81. The zero-order chi connectivity index (χ0) is 13.3. The van der Waals surface area contributed by atoms with Crippen LogP contribution in [0.1, 0.15) is 34.1 Å². The minimum Gasteiger partial charge on any atom is -0.318 e. The number of nitrogens with zero attached hydrogens (tertiary/aromatic N) is 2. The summed E-state index contributed by atoms with van der Waals surface area (Å²) in [6.07, 6.45) is 3.37. The highest BCUT2D eigenvalue weighted by Gasteiger charge is 2.18. The molecule has 0 spiro atoms. The number of nitrogens with two attached hydrogens (primary N) is 1. The summed E-state index contributed by atoms with van der Waals surface area (Å²) >= 11 is 0. The van der Waals surface area contributed by atoms with Crippen molar-refractivity contribution < 1.29 is 4.39 Å². The smallest absolute Gasteiger partial charge is 0.149 e. The minimum absolute atomic E-state index is 0.302. The molecule has 0 fully saturated rings. The predicted octanol–water partition coefficient (Wildman–Crippen LogP) is 2.59. The fraction of sp³-hybridized carbons (Fsp3) is 0.286. The average molecular weight is 245 g/mol. The van der Waals surface area contributed by atoms with Crippen molar-refractivity contribution in [2.45, 2.75) is 26.8 Å². The Balaban J connectivity index is 2.46. The molecular formula is C14H16FN3. The Morgan fingerprint density at radius 2 is 1.67 bits per heavy atom. The molecule has 0 amide bonds. The van der Waals surface area contributed by atoms with Gasteiger partial charge in [-0.2, -0.15) is 0 Å². The van der Waals surface area contributed by atoms with E-state index >= 15 is 0 Å². The summed E-state index contributed by atoms with van der Waals surface area (Å²) in [7, 11) is 0.